The second-order valence-electron chi connectivity index (χ2n) is 7.36. The van der Waals surface area contributed by atoms with Gasteiger partial charge in [0.2, 0.25) is 5.91 Å². The molecule has 196 valence electrons. The summed E-state index contributed by atoms with van der Waals surface area (Å²) in [6, 6.07) is 3.93. The highest BCUT2D eigenvalue weighted by atomic mass is 79.9. The number of hydrogen-bond donors (Lipinski definition) is 2. The van der Waals surface area contributed by atoms with Crippen LogP contribution in [0.4, 0.5) is 26.3 Å². The van der Waals surface area contributed by atoms with Gasteiger partial charge in [-0.15, -0.1) is 0 Å². The number of halogens is 10. The molecular formula is C22H16BrCl3F6N2O2. The van der Waals surface area contributed by atoms with E-state index in [1.165, 1.54) is 6.92 Å². The topological polar surface area (TPSA) is 58.2 Å². The molecule has 0 aliphatic rings. The lowest BCUT2D eigenvalue weighted by Gasteiger charge is -2.19. The molecule has 0 spiro atoms. The van der Waals surface area contributed by atoms with Gasteiger partial charge in [0.15, 0.2) is 0 Å². The highest BCUT2D eigenvalue weighted by molar-refractivity contribution is 9.10. The minimum Gasteiger partial charge on any atom is -0.349 e. The van der Waals surface area contributed by atoms with Crippen molar-refractivity contribution in [2.75, 3.05) is 6.54 Å². The lowest BCUT2D eigenvalue weighted by Crippen LogP contribution is -2.46. The first-order valence-electron chi connectivity index (χ1n) is 9.87. The van der Waals surface area contributed by atoms with Crippen LogP contribution in [0.2, 0.25) is 15.1 Å². The van der Waals surface area contributed by atoms with Gasteiger partial charge in [-0.1, -0.05) is 40.9 Å². The third-order valence-electron chi connectivity index (χ3n) is 4.69. The van der Waals surface area contributed by atoms with Crippen LogP contribution < -0.4 is 10.6 Å². The van der Waals surface area contributed by atoms with Crippen molar-refractivity contribution in [3.63, 3.8) is 0 Å². The van der Waals surface area contributed by atoms with E-state index in [1.807, 2.05) is 5.32 Å². The normalized spacial score (nSPS) is 13.9. The van der Waals surface area contributed by atoms with Gasteiger partial charge in [0.25, 0.3) is 12.3 Å². The first kappa shape index (κ1) is 30.3. The van der Waals surface area contributed by atoms with Crippen molar-refractivity contribution in [2.45, 2.75) is 31.5 Å². The van der Waals surface area contributed by atoms with Crippen LogP contribution in [0.15, 0.2) is 40.9 Å². The molecular weight excluding hydrogens is 625 g/mol. The average molecular weight is 641 g/mol. The highest BCUT2D eigenvalue weighted by Gasteiger charge is 2.40. The van der Waals surface area contributed by atoms with Crippen molar-refractivity contribution in [1.82, 2.24) is 10.6 Å². The zero-order valence-corrected chi connectivity index (χ0v) is 21.9. The minimum atomic E-state index is -4.91. The van der Waals surface area contributed by atoms with E-state index in [4.69, 9.17) is 34.8 Å². The van der Waals surface area contributed by atoms with Crippen LogP contribution in [0.25, 0.3) is 5.83 Å². The molecule has 0 saturated heterocycles. The minimum absolute atomic E-state index is 0.00220. The van der Waals surface area contributed by atoms with E-state index in [2.05, 4.69) is 21.2 Å². The maximum atomic E-state index is 14.9. The summed E-state index contributed by atoms with van der Waals surface area (Å²) < 4.78 is 80.5. The lowest BCUT2D eigenvalue weighted by atomic mass is 9.96. The van der Waals surface area contributed by atoms with Crippen LogP contribution in [0.5, 0.6) is 0 Å². The molecule has 1 unspecified atom stereocenters. The molecule has 36 heavy (non-hydrogen) atoms. The Balaban J connectivity index is 2.29. The summed E-state index contributed by atoms with van der Waals surface area (Å²) in [5.74, 6) is -5.34. The Morgan fingerprint density at radius 2 is 1.67 bits per heavy atom. The molecule has 0 aliphatic heterocycles. The summed E-state index contributed by atoms with van der Waals surface area (Å²) in [4.78, 5) is 24.2. The maximum absolute atomic E-state index is 14.9. The summed E-state index contributed by atoms with van der Waals surface area (Å²) in [7, 11) is 0. The summed E-state index contributed by atoms with van der Waals surface area (Å²) in [5.41, 5.74) is -0.809. The Labute approximate surface area is 225 Å². The van der Waals surface area contributed by atoms with Gasteiger partial charge in [-0.3, -0.25) is 9.59 Å². The third kappa shape index (κ3) is 8.03. The molecule has 0 saturated carbocycles. The molecule has 0 aromatic heterocycles. The molecule has 2 amide bonds. The molecule has 2 atom stereocenters. The molecule has 4 nitrogen and oxygen atoms in total. The third-order valence-corrected chi connectivity index (χ3v) is 6.54. The van der Waals surface area contributed by atoms with Gasteiger partial charge < -0.3 is 10.6 Å². The van der Waals surface area contributed by atoms with Crippen molar-refractivity contribution < 1.29 is 35.9 Å². The van der Waals surface area contributed by atoms with Crippen LogP contribution in [-0.2, 0) is 4.79 Å². The standard InChI is InChI=1S/C22H16BrCl3F6N2O2/c1-9(20(35)33-8-18(28)29)34-21(36)12-3-2-10(4-14(12)23)17(27)7-13(22(30,31)32)11-5-15(24)19(26)16(25)6-11/h2-7,9,13,18H,8H2,1H3,(H,33,35)(H,34,36)/b17-7-/t9-,13?/m1/s1. The monoisotopic (exact) mass is 638 g/mol. The predicted molar refractivity (Wildman–Crippen MR) is 129 cm³/mol. The molecule has 0 bridgehead atoms. The fraction of sp³-hybridized carbons (Fsp3) is 0.273. The van der Waals surface area contributed by atoms with Crippen molar-refractivity contribution in [1.29, 1.82) is 0 Å². The van der Waals surface area contributed by atoms with E-state index in [0.717, 1.165) is 30.3 Å². The fourth-order valence-corrected chi connectivity index (χ4v) is 4.07. The number of allylic oxidation sites excluding steroid dienone is 1. The Bertz CT molecular complexity index is 1150. The second kappa shape index (κ2) is 12.5. The van der Waals surface area contributed by atoms with Crippen LogP contribution in [-0.4, -0.2) is 37.0 Å². The number of alkyl halides is 5. The zero-order valence-electron chi connectivity index (χ0n) is 18.0. The summed E-state index contributed by atoms with van der Waals surface area (Å²) in [5, 5.41) is 3.60. The zero-order chi connectivity index (χ0) is 27.4. The predicted octanol–water partition coefficient (Wildman–Crippen LogP) is 7.57. The first-order chi connectivity index (χ1) is 16.6. The van der Waals surface area contributed by atoms with Crippen molar-refractivity contribution in [2.24, 2.45) is 0 Å². The van der Waals surface area contributed by atoms with Gasteiger partial charge in [0.1, 0.15) is 17.8 Å². The summed E-state index contributed by atoms with van der Waals surface area (Å²) in [6.07, 6.45) is -7.35. The number of carbonyl (C=O) groups is 2. The van der Waals surface area contributed by atoms with Gasteiger partial charge >= 0.3 is 6.18 Å². The number of benzene rings is 2. The molecule has 14 heteroatoms. The lowest BCUT2D eigenvalue weighted by molar-refractivity contribution is -0.139. The largest absolute Gasteiger partial charge is 0.399 e. The number of nitrogens with one attached hydrogen (secondary N) is 2. The van der Waals surface area contributed by atoms with Crippen molar-refractivity contribution in [3.8, 4) is 0 Å². The second-order valence-corrected chi connectivity index (χ2v) is 9.41. The van der Waals surface area contributed by atoms with E-state index in [0.29, 0.717) is 6.08 Å². The maximum Gasteiger partial charge on any atom is 0.399 e. The highest BCUT2D eigenvalue weighted by Crippen LogP contribution is 2.42. The van der Waals surface area contributed by atoms with E-state index < -0.39 is 54.3 Å². The van der Waals surface area contributed by atoms with Gasteiger partial charge in [-0.2, -0.15) is 13.2 Å². The Hall–Kier alpha value is -1.95. The van der Waals surface area contributed by atoms with E-state index in [9.17, 15) is 35.9 Å². The summed E-state index contributed by atoms with van der Waals surface area (Å²) >= 11 is 20.5. The van der Waals surface area contributed by atoms with E-state index in [1.54, 1.807) is 0 Å². The van der Waals surface area contributed by atoms with E-state index in [-0.39, 0.29) is 30.7 Å². The smallest absolute Gasteiger partial charge is 0.349 e. The molecule has 0 radical (unpaired) electrons. The summed E-state index contributed by atoms with van der Waals surface area (Å²) in [6.45, 7) is 0.367. The Kier molecular flexibility index (Phi) is 10.5. The Morgan fingerprint density at radius 1 is 1.08 bits per heavy atom. The van der Waals surface area contributed by atoms with Crippen LogP contribution >= 0.6 is 50.7 Å². The molecule has 0 heterocycles. The first-order valence-corrected chi connectivity index (χ1v) is 11.8. The molecule has 2 rings (SSSR count). The van der Waals surface area contributed by atoms with Gasteiger partial charge in [-0.25, -0.2) is 13.2 Å². The molecule has 2 aromatic carbocycles. The van der Waals surface area contributed by atoms with Crippen LogP contribution in [0.1, 0.15) is 34.3 Å². The average Bonchev–Trinajstić information content (AvgIpc) is 2.77. The molecule has 0 fully saturated rings. The van der Waals surface area contributed by atoms with Crippen molar-refractivity contribution in [3.05, 3.63) is 72.6 Å². The fourth-order valence-electron chi connectivity index (χ4n) is 2.90. The number of amides is 2. The van der Waals surface area contributed by atoms with Gasteiger partial charge in [0.05, 0.1) is 27.2 Å². The molecule has 2 N–H and O–H groups in total. The molecule has 2 aromatic rings. The van der Waals surface area contributed by atoms with Crippen LogP contribution in [0.3, 0.4) is 0 Å². The van der Waals surface area contributed by atoms with Crippen molar-refractivity contribution >= 4 is 68.4 Å². The number of carbonyl (C=O) groups excluding carboxylic acids is 2. The van der Waals surface area contributed by atoms with Crippen LogP contribution in [0, 0.1) is 0 Å². The quantitative estimate of drug-likeness (QED) is 0.231. The van der Waals surface area contributed by atoms with Gasteiger partial charge in [-0.05, 0) is 58.8 Å². The Morgan fingerprint density at radius 3 is 2.17 bits per heavy atom. The number of hydrogen-bond acceptors (Lipinski definition) is 2. The SMILES string of the molecule is C[C@@H](NC(=O)c1ccc(/C(F)=C/C(c2cc(Cl)c(Cl)c(Cl)c2)C(F)(F)F)cc1Br)C(=O)NCC(F)F. The van der Waals surface area contributed by atoms with E-state index >= 15 is 0 Å². The van der Waals surface area contributed by atoms with Gasteiger partial charge in [0, 0.05) is 10.0 Å². The number of rotatable bonds is 8. The molecule has 0 aliphatic carbocycles.